The summed E-state index contributed by atoms with van der Waals surface area (Å²) in [5.74, 6) is 2.12. The predicted molar refractivity (Wildman–Crippen MR) is 102 cm³/mol. The maximum absolute atomic E-state index is 6.15. The van der Waals surface area contributed by atoms with Crippen molar-refractivity contribution in [1.82, 2.24) is 0 Å². The van der Waals surface area contributed by atoms with Crippen LogP contribution in [0.15, 0.2) is 34.8 Å². The van der Waals surface area contributed by atoms with Crippen molar-refractivity contribution < 1.29 is 14.2 Å². The summed E-state index contributed by atoms with van der Waals surface area (Å²) in [6.45, 7) is 5.70. The number of rotatable bonds is 8. The van der Waals surface area contributed by atoms with E-state index in [2.05, 4.69) is 21.2 Å². The highest BCUT2D eigenvalue weighted by Gasteiger charge is 2.12. The molecule has 0 amide bonds. The van der Waals surface area contributed by atoms with Gasteiger partial charge in [-0.05, 0) is 65.7 Å². The van der Waals surface area contributed by atoms with Crippen LogP contribution in [0, 0.1) is 0 Å². The van der Waals surface area contributed by atoms with Gasteiger partial charge in [0.15, 0.2) is 11.5 Å². The number of nitrogens with one attached hydrogen (secondary N) is 1. The molecule has 0 unspecified atom stereocenters. The zero-order valence-corrected chi connectivity index (χ0v) is 16.3. The molecule has 0 aromatic heterocycles. The molecule has 0 fully saturated rings. The van der Waals surface area contributed by atoms with Gasteiger partial charge in [0.25, 0.3) is 0 Å². The third kappa shape index (κ3) is 4.71. The Balaban J connectivity index is 2.16. The number of ether oxygens (including phenoxy) is 3. The minimum absolute atomic E-state index is 0.574. The molecule has 1 N–H and O–H groups in total. The molecule has 0 saturated carbocycles. The highest BCUT2D eigenvalue weighted by molar-refractivity contribution is 9.10. The lowest BCUT2D eigenvalue weighted by atomic mass is 10.2. The third-order valence-corrected chi connectivity index (χ3v) is 4.19. The minimum atomic E-state index is 0.574. The van der Waals surface area contributed by atoms with E-state index in [1.807, 2.05) is 44.2 Å². The largest absolute Gasteiger partial charge is 0.495 e. The highest BCUT2D eigenvalue weighted by Crippen LogP contribution is 2.37. The minimum Gasteiger partial charge on any atom is -0.495 e. The van der Waals surface area contributed by atoms with E-state index >= 15 is 0 Å². The van der Waals surface area contributed by atoms with Crippen molar-refractivity contribution in [3.63, 3.8) is 0 Å². The van der Waals surface area contributed by atoms with Crippen molar-refractivity contribution in [2.45, 2.75) is 20.4 Å². The van der Waals surface area contributed by atoms with Gasteiger partial charge >= 0.3 is 0 Å². The quantitative estimate of drug-likeness (QED) is 0.617. The van der Waals surface area contributed by atoms with E-state index in [9.17, 15) is 0 Å². The van der Waals surface area contributed by atoms with E-state index in [0.717, 1.165) is 27.2 Å². The van der Waals surface area contributed by atoms with Gasteiger partial charge in [-0.2, -0.15) is 0 Å². The van der Waals surface area contributed by atoms with Gasteiger partial charge in [0.2, 0.25) is 0 Å². The van der Waals surface area contributed by atoms with Crippen LogP contribution in [0.25, 0.3) is 0 Å². The second-order valence-electron chi connectivity index (χ2n) is 4.97. The van der Waals surface area contributed by atoms with Crippen molar-refractivity contribution in [3.05, 3.63) is 45.4 Å². The Bertz CT molecular complexity index is 694. The first-order chi connectivity index (χ1) is 11.6. The Labute approximate surface area is 156 Å². The molecule has 0 heterocycles. The molecule has 0 aliphatic carbocycles. The summed E-state index contributed by atoms with van der Waals surface area (Å²) in [6.07, 6.45) is 0. The molecule has 0 aliphatic rings. The number of methoxy groups -OCH3 is 1. The lowest BCUT2D eigenvalue weighted by Gasteiger charge is -2.15. The molecule has 4 nitrogen and oxygen atoms in total. The molecular formula is C18H21BrClNO3. The molecule has 2 aromatic rings. The van der Waals surface area contributed by atoms with Gasteiger partial charge in [0.05, 0.1) is 29.8 Å². The van der Waals surface area contributed by atoms with Crippen LogP contribution in [-0.2, 0) is 6.54 Å². The molecule has 6 heteroatoms. The molecule has 0 atom stereocenters. The fourth-order valence-electron chi connectivity index (χ4n) is 2.25. The first-order valence-electron chi connectivity index (χ1n) is 7.74. The standard InChI is InChI=1S/C18H21BrClNO3/c1-4-23-17-9-12(8-14(19)18(17)24-5-2)11-21-13-6-7-16(22-3)15(20)10-13/h6-10,21H,4-5,11H2,1-3H3. The maximum Gasteiger partial charge on any atom is 0.175 e. The Morgan fingerprint density at radius 3 is 2.42 bits per heavy atom. The molecular weight excluding hydrogens is 394 g/mol. The average molecular weight is 415 g/mol. The zero-order valence-electron chi connectivity index (χ0n) is 14.0. The van der Waals surface area contributed by atoms with E-state index in [4.69, 9.17) is 25.8 Å². The number of halogens is 2. The molecule has 2 rings (SSSR count). The first-order valence-corrected chi connectivity index (χ1v) is 8.91. The lowest BCUT2D eigenvalue weighted by Crippen LogP contribution is -2.03. The molecule has 24 heavy (non-hydrogen) atoms. The molecule has 2 aromatic carbocycles. The van der Waals surface area contributed by atoms with E-state index in [0.29, 0.717) is 30.5 Å². The van der Waals surface area contributed by atoms with E-state index in [1.54, 1.807) is 7.11 Å². The van der Waals surface area contributed by atoms with Gasteiger partial charge in [-0.25, -0.2) is 0 Å². The first kappa shape index (κ1) is 18.7. The second-order valence-corrected chi connectivity index (χ2v) is 6.24. The van der Waals surface area contributed by atoms with Crippen LogP contribution in [0.3, 0.4) is 0 Å². The predicted octanol–water partition coefficient (Wildman–Crippen LogP) is 5.52. The van der Waals surface area contributed by atoms with Gasteiger partial charge < -0.3 is 19.5 Å². The summed E-state index contributed by atoms with van der Waals surface area (Å²) in [7, 11) is 1.60. The Morgan fingerprint density at radius 2 is 1.79 bits per heavy atom. The van der Waals surface area contributed by atoms with Crippen LogP contribution in [0.2, 0.25) is 5.02 Å². The normalized spacial score (nSPS) is 10.4. The topological polar surface area (TPSA) is 39.7 Å². The lowest BCUT2D eigenvalue weighted by molar-refractivity contribution is 0.286. The monoisotopic (exact) mass is 413 g/mol. The fourth-order valence-corrected chi connectivity index (χ4v) is 3.11. The number of anilines is 1. The summed E-state index contributed by atoms with van der Waals surface area (Å²) in [5.41, 5.74) is 1.99. The molecule has 0 radical (unpaired) electrons. The van der Waals surface area contributed by atoms with Crippen LogP contribution < -0.4 is 19.5 Å². The number of benzene rings is 2. The Morgan fingerprint density at radius 1 is 1.04 bits per heavy atom. The third-order valence-electron chi connectivity index (χ3n) is 3.31. The Hall–Kier alpha value is -1.59. The summed E-state index contributed by atoms with van der Waals surface area (Å²) >= 11 is 9.70. The van der Waals surface area contributed by atoms with Crippen LogP contribution in [0.4, 0.5) is 5.69 Å². The van der Waals surface area contributed by atoms with Gasteiger partial charge in [-0.1, -0.05) is 11.6 Å². The van der Waals surface area contributed by atoms with Crippen LogP contribution in [0.1, 0.15) is 19.4 Å². The Kier molecular flexibility index (Phi) is 7.06. The summed E-state index contributed by atoms with van der Waals surface area (Å²) in [5, 5.41) is 3.92. The summed E-state index contributed by atoms with van der Waals surface area (Å²) in [4.78, 5) is 0. The van der Waals surface area contributed by atoms with Crippen molar-refractivity contribution >= 4 is 33.2 Å². The van der Waals surface area contributed by atoms with Crippen LogP contribution >= 0.6 is 27.5 Å². The van der Waals surface area contributed by atoms with E-state index in [-0.39, 0.29) is 0 Å². The molecule has 0 aliphatic heterocycles. The molecule has 130 valence electrons. The highest BCUT2D eigenvalue weighted by atomic mass is 79.9. The van der Waals surface area contributed by atoms with E-state index in [1.165, 1.54) is 0 Å². The van der Waals surface area contributed by atoms with Crippen molar-refractivity contribution in [1.29, 1.82) is 0 Å². The van der Waals surface area contributed by atoms with Crippen LogP contribution in [-0.4, -0.2) is 20.3 Å². The summed E-state index contributed by atoms with van der Waals surface area (Å²) in [6, 6.07) is 9.61. The van der Waals surface area contributed by atoms with Crippen molar-refractivity contribution in [2.24, 2.45) is 0 Å². The zero-order chi connectivity index (χ0) is 17.5. The number of hydrogen-bond donors (Lipinski definition) is 1. The molecule has 0 saturated heterocycles. The van der Waals surface area contributed by atoms with Gasteiger partial charge in [-0.15, -0.1) is 0 Å². The van der Waals surface area contributed by atoms with Gasteiger partial charge in [-0.3, -0.25) is 0 Å². The van der Waals surface area contributed by atoms with E-state index < -0.39 is 0 Å². The van der Waals surface area contributed by atoms with Crippen molar-refractivity contribution in [2.75, 3.05) is 25.6 Å². The average Bonchev–Trinajstić information content (AvgIpc) is 2.56. The molecule has 0 bridgehead atoms. The SMILES string of the molecule is CCOc1cc(CNc2ccc(OC)c(Cl)c2)cc(Br)c1OCC. The fraction of sp³-hybridized carbons (Fsp3) is 0.333. The van der Waals surface area contributed by atoms with Crippen molar-refractivity contribution in [3.8, 4) is 17.2 Å². The second kappa shape index (κ2) is 9.04. The summed E-state index contributed by atoms with van der Waals surface area (Å²) < 4.78 is 17.4. The molecule has 0 spiro atoms. The van der Waals surface area contributed by atoms with Gasteiger partial charge in [0, 0.05) is 12.2 Å². The smallest absolute Gasteiger partial charge is 0.175 e. The van der Waals surface area contributed by atoms with Crippen LogP contribution in [0.5, 0.6) is 17.2 Å². The maximum atomic E-state index is 6.15. The van der Waals surface area contributed by atoms with Gasteiger partial charge in [0.1, 0.15) is 5.75 Å². The number of hydrogen-bond acceptors (Lipinski definition) is 4.